The molecular formula is C21H27ClN2O4. The van der Waals surface area contributed by atoms with Gasteiger partial charge in [-0.05, 0) is 37.0 Å². The number of aryl methyl sites for hydroxylation is 1. The van der Waals surface area contributed by atoms with Crippen molar-refractivity contribution < 1.29 is 19.8 Å². The van der Waals surface area contributed by atoms with Crippen molar-refractivity contribution in [1.82, 2.24) is 9.55 Å². The largest absolute Gasteiger partial charge is 0.483 e. The fraction of sp³-hybridized carbons (Fsp3) is 0.476. The highest BCUT2D eigenvalue weighted by atomic mass is 35.5. The average molecular weight is 407 g/mol. The zero-order valence-corrected chi connectivity index (χ0v) is 17.2. The number of hydrogen-bond donors (Lipinski definition) is 2. The van der Waals surface area contributed by atoms with Crippen molar-refractivity contribution in [3.05, 3.63) is 52.1 Å². The van der Waals surface area contributed by atoms with Crippen molar-refractivity contribution in [3.63, 3.8) is 0 Å². The molecule has 0 radical (unpaired) electrons. The molecule has 1 aromatic heterocycles. The summed E-state index contributed by atoms with van der Waals surface area (Å²) in [6.07, 6.45) is 3.02. The minimum atomic E-state index is -0.741. The van der Waals surface area contributed by atoms with Crippen molar-refractivity contribution in [2.75, 3.05) is 0 Å². The van der Waals surface area contributed by atoms with Gasteiger partial charge in [-0.25, -0.2) is 4.98 Å². The summed E-state index contributed by atoms with van der Waals surface area (Å²) in [5, 5.41) is 16.9. The Hall–Kier alpha value is -2.34. The third kappa shape index (κ3) is 5.35. The van der Waals surface area contributed by atoms with Crippen LogP contribution in [0.25, 0.3) is 0 Å². The Labute approximate surface area is 170 Å². The second-order valence-corrected chi connectivity index (χ2v) is 8.46. The Kier molecular flexibility index (Phi) is 7.24. The number of carbonyl (C=O) groups is 2. The van der Waals surface area contributed by atoms with E-state index >= 15 is 0 Å². The summed E-state index contributed by atoms with van der Waals surface area (Å²) in [5.41, 5.74) is 3.25. The van der Waals surface area contributed by atoms with Crippen molar-refractivity contribution in [3.8, 4) is 0 Å². The first-order chi connectivity index (χ1) is 13.2. The SMILES string of the molecule is CC(C)(C)c1nc2c(n1Cc1ccc(Cl)cc1)C(CC(=O)O)CCC2.O=CO. The van der Waals surface area contributed by atoms with E-state index in [0.717, 1.165) is 47.1 Å². The van der Waals surface area contributed by atoms with Gasteiger partial charge >= 0.3 is 5.97 Å². The lowest BCUT2D eigenvalue weighted by atomic mass is 9.87. The number of halogens is 1. The molecule has 2 aromatic rings. The van der Waals surface area contributed by atoms with Crippen molar-refractivity contribution in [2.24, 2.45) is 0 Å². The first-order valence-corrected chi connectivity index (χ1v) is 9.69. The van der Waals surface area contributed by atoms with Gasteiger partial charge in [0.1, 0.15) is 5.82 Å². The number of hydrogen-bond acceptors (Lipinski definition) is 3. The van der Waals surface area contributed by atoms with Crippen LogP contribution in [-0.2, 0) is 28.0 Å². The van der Waals surface area contributed by atoms with Crippen LogP contribution in [0.4, 0.5) is 0 Å². The molecule has 7 heteroatoms. The number of fused-ring (bicyclic) bond motifs is 1. The molecule has 3 rings (SSSR count). The molecule has 1 aliphatic carbocycles. The van der Waals surface area contributed by atoms with Gasteiger partial charge in [0.15, 0.2) is 0 Å². The molecule has 1 aliphatic rings. The van der Waals surface area contributed by atoms with Crippen LogP contribution in [0.2, 0.25) is 5.02 Å². The van der Waals surface area contributed by atoms with E-state index in [2.05, 4.69) is 25.3 Å². The van der Waals surface area contributed by atoms with E-state index in [1.807, 2.05) is 24.3 Å². The van der Waals surface area contributed by atoms with Gasteiger partial charge in [0, 0.05) is 28.6 Å². The highest BCUT2D eigenvalue weighted by molar-refractivity contribution is 6.30. The molecule has 0 spiro atoms. The molecule has 0 saturated heterocycles. The zero-order chi connectivity index (χ0) is 20.9. The predicted molar refractivity (Wildman–Crippen MR) is 108 cm³/mol. The van der Waals surface area contributed by atoms with Gasteiger partial charge in [0.25, 0.3) is 6.47 Å². The Bertz CT molecular complexity index is 822. The number of aromatic nitrogens is 2. The predicted octanol–water partition coefficient (Wildman–Crippen LogP) is 4.48. The summed E-state index contributed by atoms with van der Waals surface area (Å²) >= 11 is 6.01. The number of nitrogens with zero attached hydrogens (tertiary/aromatic N) is 2. The maximum absolute atomic E-state index is 11.3. The molecule has 1 aromatic carbocycles. The monoisotopic (exact) mass is 406 g/mol. The molecule has 0 bridgehead atoms. The smallest absolute Gasteiger partial charge is 0.304 e. The van der Waals surface area contributed by atoms with Crippen LogP contribution in [0, 0.1) is 0 Å². The fourth-order valence-electron chi connectivity index (χ4n) is 3.72. The topological polar surface area (TPSA) is 92.4 Å². The maximum Gasteiger partial charge on any atom is 0.304 e. The number of imidazole rings is 1. The molecular weight excluding hydrogens is 380 g/mol. The van der Waals surface area contributed by atoms with E-state index in [1.54, 1.807) is 0 Å². The maximum atomic E-state index is 11.3. The van der Waals surface area contributed by atoms with E-state index in [-0.39, 0.29) is 24.2 Å². The Balaban J connectivity index is 0.000000878. The highest BCUT2D eigenvalue weighted by Gasteiger charge is 2.32. The van der Waals surface area contributed by atoms with Crippen LogP contribution >= 0.6 is 11.6 Å². The third-order valence-corrected chi connectivity index (χ3v) is 5.03. The van der Waals surface area contributed by atoms with Crippen molar-refractivity contribution in [2.45, 2.75) is 64.3 Å². The van der Waals surface area contributed by atoms with Gasteiger partial charge in [0.05, 0.1) is 12.1 Å². The normalized spacial score (nSPS) is 15.9. The van der Waals surface area contributed by atoms with E-state index < -0.39 is 5.97 Å². The highest BCUT2D eigenvalue weighted by Crippen LogP contribution is 2.37. The lowest BCUT2D eigenvalue weighted by Crippen LogP contribution is -2.22. The number of rotatable bonds is 4. The van der Waals surface area contributed by atoms with Gasteiger partial charge in [0.2, 0.25) is 0 Å². The number of carboxylic acid groups (broad SMARTS) is 2. The molecule has 152 valence electrons. The van der Waals surface area contributed by atoms with E-state index in [0.29, 0.717) is 6.54 Å². The van der Waals surface area contributed by atoms with Crippen LogP contribution in [0.5, 0.6) is 0 Å². The molecule has 28 heavy (non-hydrogen) atoms. The van der Waals surface area contributed by atoms with E-state index in [1.165, 1.54) is 0 Å². The second kappa shape index (κ2) is 9.24. The summed E-state index contributed by atoms with van der Waals surface area (Å²) in [4.78, 5) is 24.6. The van der Waals surface area contributed by atoms with Crippen LogP contribution in [0.15, 0.2) is 24.3 Å². The van der Waals surface area contributed by atoms with Gasteiger partial charge < -0.3 is 14.8 Å². The van der Waals surface area contributed by atoms with Gasteiger partial charge in [-0.3, -0.25) is 9.59 Å². The third-order valence-electron chi connectivity index (χ3n) is 4.78. The Morgan fingerprint density at radius 3 is 2.46 bits per heavy atom. The van der Waals surface area contributed by atoms with Gasteiger partial charge in [-0.1, -0.05) is 44.5 Å². The van der Waals surface area contributed by atoms with Gasteiger partial charge in [-0.15, -0.1) is 0 Å². The van der Waals surface area contributed by atoms with Crippen molar-refractivity contribution >= 4 is 24.0 Å². The molecule has 1 unspecified atom stereocenters. The Morgan fingerprint density at radius 2 is 1.93 bits per heavy atom. The minimum absolute atomic E-state index is 0.0390. The summed E-state index contributed by atoms with van der Waals surface area (Å²) < 4.78 is 2.26. The molecule has 0 aliphatic heterocycles. The fourth-order valence-corrected chi connectivity index (χ4v) is 3.85. The minimum Gasteiger partial charge on any atom is -0.483 e. The molecule has 1 atom stereocenters. The lowest BCUT2D eigenvalue weighted by molar-refractivity contribution is -0.137. The van der Waals surface area contributed by atoms with Crippen LogP contribution in [0.1, 0.15) is 68.7 Å². The summed E-state index contributed by atoms with van der Waals surface area (Å²) in [5.74, 6) is 0.330. The number of benzene rings is 1. The van der Waals surface area contributed by atoms with E-state index in [4.69, 9.17) is 26.5 Å². The summed E-state index contributed by atoms with van der Waals surface area (Å²) in [6, 6.07) is 7.84. The first kappa shape index (κ1) is 22.0. The molecule has 0 saturated carbocycles. The lowest BCUT2D eigenvalue weighted by Gasteiger charge is -2.26. The molecule has 6 nitrogen and oxygen atoms in total. The summed E-state index contributed by atoms with van der Waals surface area (Å²) in [6.45, 7) is 6.92. The quantitative estimate of drug-likeness (QED) is 0.730. The molecule has 2 N–H and O–H groups in total. The standard InChI is InChI=1S/C20H25ClN2O2.CH2O2/c1-20(2,3)19-22-16-6-4-5-14(11-17(24)25)18(16)23(19)12-13-7-9-15(21)10-8-13;2-1-3/h7-10,14H,4-6,11-12H2,1-3H3,(H,24,25);1H,(H,2,3). The van der Waals surface area contributed by atoms with E-state index in [9.17, 15) is 9.90 Å². The summed E-state index contributed by atoms with van der Waals surface area (Å²) in [7, 11) is 0. The van der Waals surface area contributed by atoms with Crippen LogP contribution < -0.4 is 0 Å². The zero-order valence-electron chi connectivity index (χ0n) is 16.5. The second-order valence-electron chi connectivity index (χ2n) is 8.02. The van der Waals surface area contributed by atoms with Crippen molar-refractivity contribution in [1.29, 1.82) is 0 Å². The number of aliphatic carboxylic acids is 1. The van der Waals surface area contributed by atoms with Crippen LogP contribution in [-0.4, -0.2) is 32.2 Å². The Morgan fingerprint density at radius 1 is 1.32 bits per heavy atom. The molecule has 0 amide bonds. The molecule has 0 fully saturated rings. The molecule has 1 heterocycles. The first-order valence-electron chi connectivity index (χ1n) is 9.31. The average Bonchev–Trinajstić information content (AvgIpc) is 2.97. The number of carboxylic acids is 1. The van der Waals surface area contributed by atoms with Crippen LogP contribution in [0.3, 0.4) is 0 Å². The van der Waals surface area contributed by atoms with Gasteiger partial charge in [-0.2, -0.15) is 0 Å².